The Kier molecular flexibility index (Phi) is 6.65. The molecule has 1 aromatic heterocycles. The van der Waals surface area contributed by atoms with Crippen molar-refractivity contribution in [3.63, 3.8) is 0 Å². The first-order chi connectivity index (χ1) is 11.0. The molecule has 3 rings (SSSR count). The fourth-order valence-electron chi connectivity index (χ4n) is 2.59. The summed E-state index contributed by atoms with van der Waals surface area (Å²) < 4.78 is 9.27. The minimum atomic E-state index is 0. The van der Waals surface area contributed by atoms with Crippen LogP contribution >= 0.6 is 38.5 Å². The number of benzene rings is 2. The van der Waals surface area contributed by atoms with Crippen LogP contribution in [0.2, 0.25) is 0 Å². The number of para-hydroxylation sites is 1. The van der Waals surface area contributed by atoms with Gasteiger partial charge in [-0.2, -0.15) is 0 Å². The molecule has 0 amide bonds. The van der Waals surface area contributed by atoms with Gasteiger partial charge in [0.2, 0.25) is 0 Å². The van der Waals surface area contributed by atoms with Gasteiger partial charge >= 0.3 is 0 Å². The van der Waals surface area contributed by atoms with Crippen molar-refractivity contribution in [3.05, 3.63) is 61.9 Å². The molecule has 0 spiro atoms. The van der Waals surface area contributed by atoms with E-state index >= 15 is 0 Å². The van der Waals surface area contributed by atoms with Crippen LogP contribution in [0, 0.1) is 23.6 Å². The first-order valence-electron chi connectivity index (χ1n) is 7.09. The Hall–Kier alpha value is -0.691. The molecule has 3 aromatic rings. The van der Waals surface area contributed by atoms with Gasteiger partial charge in [0.1, 0.15) is 8.30 Å². The van der Waals surface area contributed by atoms with E-state index in [1.807, 2.05) is 18.2 Å². The van der Waals surface area contributed by atoms with E-state index in [0.29, 0.717) is 0 Å². The monoisotopic (exact) mass is 674 g/mol. The normalized spacial score (nSPS) is 10.4. The molecule has 1 radical (unpaired) electrons. The second-order valence-corrected chi connectivity index (χ2v) is 7.01. The van der Waals surface area contributed by atoms with Gasteiger partial charge < -0.3 is 9.30 Å². The Morgan fingerprint density at radius 3 is 2.38 bits per heavy atom. The Bertz CT molecular complexity index is 842. The average Bonchev–Trinajstić information content (AvgIpc) is 2.83. The molecule has 127 valence electrons. The van der Waals surface area contributed by atoms with E-state index < -0.39 is 0 Å². The zero-order valence-corrected chi connectivity index (χ0v) is 19.5. The van der Waals surface area contributed by atoms with Gasteiger partial charge in [-0.25, -0.2) is 0 Å². The number of ether oxygens (including phenoxy) is 1. The summed E-state index contributed by atoms with van der Waals surface area (Å²) in [6.07, 6.45) is 0. The Balaban J connectivity index is 0.00000208. The van der Waals surface area contributed by atoms with Crippen molar-refractivity contribution in [2.24, 2.45) is 0 Å². The summed E-state index contributed by atoms with van der Waals surface area (Å²) in [6.45, 7) is 4.24. The molecule has 0 bridgehead atoms. The number of halogens is 2. The Labute approximate surface area is 177 Å². The summed E-state index contributed by atoms with van der Waals surface area (Å²) in [5.74, 6) is 1.65. The zero-order valence-electron chi connectivity index (χ0n) is 13.4. The number of imidazole rings is 1. The summed E-state index contributed by atoms with van der Waals surface area (Å²) in [4.78, 5) is 4.69. The predicted octanol–water partition coefficient (Wildman–Crippen LogP) is 5.33. The van der Waals surface area contributed by atoms with Crippen LogP contribution < -0.4 is 4.74 Å². The number of hydrogen-bond acceptors (Lipinski definition) is 2. The summed E-state index contributed by atoms with van der Waals surface area (Å²) in [5.41, 5.74) is 4.51. The number of methoxy groups -OCH3 is 1. The van der Waals surface area contributed by atoms with Crippen molar-refractivity contribution < 1.29 is 24.8 Å². The molecular formula is C18H15BrIIrN2O-. The van der Waals surface area contributed by atoms with Crippen molar-refractivity contribution in [1.29, 1.82) is 0 Å². The summed E-state index contributed by atoms with van der Waals surface area (Å²) in [7, 11) is 1.65. The van der Waals surface area contributed by atoms with Crippen molar-refractivity contribution in [3.8, 4) is 22.8 Å². The van der Waals surface area contributed by atoms with Crippen LogP contribution in [0.15, 0.2) is 41.0 Å². The third kappa shape index (κ3) is 3.61. The number of aromatic nitrogens is 2. The summed E-state index contributed by atoms with van der Waals surface area (Å²) in [5, 5.41) is 0. The van der Waals surface area contributed by atoms with Crippen molar-refractivity contribution in [2.45, 2.75) is 13.8 Å². The molecule has 0 atom stereocenters. The Morgan fingerprint density at radius 1 is 1.17 bits per heavy atom. The molecule has 0 unspecified atom stereocenters. The van der Waals surface area contributed by atoms with Crippen molar-refractivity contribution >= 4 is 38.5 Å². The number of aryl methyl sites for hydroxylation is 2. The van der Waals surface area contributed by atoms with Gasteiger partial charge in [-0.15, -0.1) is 29.8 Å². The third-order valence-corrected chi connectivity index (χ3v) is 5.99. The number of rotatable bonds is 3. The second kappa shape index (κ2) is 8.13. The molecule has 24 heavy (non-hydrogen) atoms. The molecular weight excluding hydrogens is 659 g/mol. The summed E-state index contributed by atoms with van der Waals surface area (Å²) in [6, 6.07) is 15.3. The molecule has 0 saturated carbocycles. The minimum Gasteiger partial charge on any atom is -0.540 e. The SMILES string of the molecule is COc1c[c-]c(-c2nc(Br)c(I)n2-c2c(C)cccc2C)cc1.[Ir]. The number of nitrogens with zero attached hydrogens (tertiary/aromatic N) is 2. The molecule has 3 nitrogen and oxygen atoms in total. The molecule has 2 aromatic carbocycles. The largest absolute Gasteiger partial charge is 0.540 e. The maximum Gasteiger partial charge on any atom is 0.127 e. The maximum absolute atomic E-state index is 5.22. The van der Waals surface area contributed by atoms with E-state index in [-0.39, 0.29) is 20.1 Å². The van der Waals surface area contributed by atoms with Crippen molar-refractivity contribution in [1.82, 2.24) is 9.55 Å². The first-order valence-corrected chi connectivity index (χ1v) is 8.96. The molecule has 6 heteroatoms. The van der Waals surface area contributed by atoms with Crippen LogP contribution in [0.25, 0.3) is 17.1 Å². The molecule has 0 aliphatic rings. The third-order valence-electron chi connectivity index (χ3n) is 3.71. The fraction of sp³-hybridized carbons (Fsp3) is 0.167. The van der Waals surface area contributed by atoms with Crippen LogP contribution in [-0.4, -0.2) is 16.7 Å². The Morgan fingerprint density at radius 2 is 1.83 bits per heavy atom. The fourth-order valence-corrected chi connectivity index (χ4v) is 3.53. The van der Waals surface area contributed by atoms with E-state index in [9.17, 15) is 0 Å². The second-order valence-electron chi connectivity index (χ2n) is 5.24. The molecule has 0 aliphatic heterocycles. The van der Waals surface area contributed by atoms with Crippen LogP contribution in [0.4, 0.5) is 0 Å². The van der Waals surface area contributed by atoms with Gasteiger partial charge in [0.05, 0.1) is 12.9 Å². The van der Waals surface area contributed by atoms with Gasteiger partial charge in [0.15, 0.2) is 0 Å². The first kappa shape index (κ1) is 19.6. The minimum absolute atomic E-state index is 0. The van der Waals surface area contributed by atoms with Gasteiger partial charge in [-0.1, -0.05) is 18.2 Å². The van der Waals surface area contributed by atoms with Crippen LogP contribution in [-0.2, 0) is 20.1 Å². The van der Waals surface area contributed by atoms with Crippen LogP contribution in [0.5, 0.6) is 5.75 Å². The van der Waals surface area contributed by atoms with Crippen LogP contribution in [0.3, 0.4) is 0 Å². The molecule has 1 heterocycles. The predicted molar refractivity (Wildman–Crippen MR) is 104 cm³/mol. The quantitative estimate of drug-likeness (QED) is 0.278. The standard InChI is InChI=1S/C18H15BrIN2O.Ir/c1-11-5-4-6-12(2)15(11)22-17(20)16(19)21-18(22)13-7-9-14(23-3)10-8-13;/h4-7,9-10H,1-3H3;/q-1;. The molecule has 0 fully saturated rings. The van der Waals surface area contributed by atoms with Gasteiger partial charge in [0.25, 0.3) is 0 Å². The molecule has 0 N–H and O–H groups in total. The van der Waals surface area contributed by atoms with E-state index in [2.05, 4.69) is 81.2 Å². The molecule has 0 aliphatic carbocycles. The van der Waals surface area contributed by atoms with Crippen LogP contribution in [0.1, 0.15) is 11.1 Å². The topological polar surface area (TPSA) is 27.1 Å². The van der Waals surface area contributed by atoms with Crippen molar-refractivity contribution in [2.75, 3.05) is 7.11 Å². The van der Waals surface area contributed by atoms with E-state index in [0.717, 1.165) is 31.1 Å². The van der Waals surface area contributed by atoms with E-state index in [1.165, 1.54) is 11.1 Å². The van der Waals surface area contributed by atoms with Gasteiger partial charge in [-0.3, -0.25) is 4.98 Å². The van der Waals surface area contributed by atoms with Gasteiger partial charge in [-0.05, 0) is 63.5 Å². The average molecular weight is 674 g/mol. The van der Waals surface area contributed by atoms with E-state index in [1.54, 1.807) is 7.11 Å². The maximum atomic E-state index is 5.22. The summed E-state index contributed by atoms with van der Waals surface area (Å²) >= 11 is 5.88. The van der Waals surface area contributed by atoms with Gasteiger partial charge in [0, 0.05) is 31.5 Å². The van der Waals surface area contributed by atoms with E-state index in [4.69, 9.17) is 9.72 Å². The smallest absolute Gasteiger partial charge is 0.127 e. The zero-order chi connectivity index (χ0) is 16.6. The number of hydrogen-bond donors (Lipinski definition) is 0. The molecule has 0 saturated heterocycles.